The number of aromatic amines is 1. The molecule has 2 N–H and O–H groups in total. The number of benzene rings is 3. The van der Waals surface area contributed by atoms with Gasteiger partial charge < -0.3 is 26.7 Å². The van der Waals surface area contributed by atoms with E-state index in [-0.39, 0.29) is 28.5 Å². The molecule has 0 atom stereocenters. The lowest BCUT2D eigenvalue weighted by molar-refractivity contribution is -0.377. The molecule has 0 aliphatic rings. The molecular weight excluding hydrogens is 431 g/mol. The van der Waals surface area contributed by atoms with E-state index in [0.717, 1.165) is 22.0 Å². The first-order chi connectivity index (χ1) is 13.7. The third-order valence-electron chi connectivity index (χ3n) is 4.62. The second-order valence-corrected chi connectivity index (χ2v) is 6.48. The number of pyridine rings is 1. The molecule has 0 aliphatic heterocycles. The fourth-order valence-corrected chi connectivity index (χ4v) is 3.38. The number of phenolic OH excluding ortho intramolecular Hbond substituents is 1. The van der Waals surface area contributed by atoms with Gasteiger partial charge in [-0.1, -0.05) is 42.5 Å². The summed E-state index contributed by atoms with van der Waals surface area (Å²) in [6.45, 7) is 0.677. The van der Waals surface area contributed by atoms with Crippen LogP contribution in [0.25, 0.3) is 21.8 Å². The van der Waals surface area contributed by atoms with E-state index >= 15 is 0 Å². The molecule has 0 saturated heterocycles. The number of fused-ring (bicyclic) bond motifs is 3. The molecule has 0 bridgehead atoms. The lowest BCUT2D eigenvalue weighted by Gasteiger charge is -2.07. The molecule has 0 aliphatic carbocycles. The number of rotatable bonds is 2. The van der Waals surface area contributed by atoms with Crippen LogP contribution in [0.15, 0.2) is 97.3 Å². The SMILES string of the molecule is Oc1cccc2c1c1cc(F)ccc1n2Cc1ccccc1.[Br-].c1cc[nH+]cc1. The van der Waals surface area contributed by atoms with Crippen molar-refractivity contribution in [3.63, 3.8) is 0 Å². The van der Waals surface area contributed by atoms with E-state index in [2.05, 4.69) is 21.7 Å². The van der Waals surface area contributed by atoms with Crippen molar-refractivity contribution in [1.82, 2.24) is 4.57 Å². The number of H-pyrrole nitrogens is 1. The van der Waals surface area contributed by atoms with Crippen molar-refractivity contribution in [3.8, 4) is 5.75 Å². The minimum absolute atomic E-state index is 0. The van der Waals surface area contributed by atoms with E-state index in [9.17, 15) is 9.50 Å². The van der Waals surface area contributed by atoms with Crippen molar-refractivity contribution in [2.45, 2.75) is 6.54 Å². The van der Waals surface area contributed by atoms with Crippen LogP contribution in [0, 0.1) is 5.82 Å². The zero-order valence-corrected chi connectivity index (χ0v) is 17.2. The molecule has 0 spiro atoms. The van der Waals surface area contributed by atoms with Crippen molar-refractivity contribution in [1.29, 1.82) is 0 Å². The number of halogens is 2. The fourth-order valence-electron chi connectivity index (χ4n) is 3.38. The van der Waals surface area contributed by atoms with Crippen LogP contribution in [0.3, 0.4) is 0 Å². The summed E-state index contributed by atoms with van der Waals surface area (Å²) in [6, 6.07) is 26.1. The van der Waals surface area contributed by atoms with Gasteiger partial charge in [0.1, 0.15) is 11.6 Å². The van der Waals surface area contributed by atoms with Crippen LogP contribution < -0.4 is 22.0 Å². The highest BCUT2D eigenvalue weighted by Crippen LogP contribution is 2.35. The second-order valence-electron chi connectivity index (χ2n) is 6.48. The van der Waals surface area contributed by atoms with Gasteiger partial charge in [-0.2, -0.15) is 0 Å². The van der Waals surface area contributed by atoms with Crippen LogP contribution in [-0.4, -0.2) is 9.67 Å². The molecule has 0 fully saturated rings. The maximum Gasteiger partial charge on any atom is 0.166 e. The van der Waals surface area contributed by atoms with Crippen molar-refractivity contribution in [3.05, 3.63) is 109 Å². The summed E-state index contributed by atoms with van der Waals surface area (Å²) in [6.07, 6.45) is 3.75. The van der Waals surface area contributed by atoms with E-state index in [0.29, 0.717) is 11.9 Å². The molecular formula is C24H20BrFN2O. The molecule has 5 rings (SSSR count). The van der Waals surface area contributed by atoms with Gasteiger partial charge in [0.2, 0.25) is 0 Å². The Bertz CT molecular complexity index is 1180. The van der Waals surface area contributed by atoms with Gasteiger partial charge >= 0.3 is 0 Å². The standard InChI is InChI=1S/C19H14FNO.C5H5N.BrH/c20-14-9-10-16-15(11-14)19-17(7-4-8-18(19)22)21(16)12-13-5-2-1-3-6-13;1-2-4-6-5-3-1;/h1-11,22H,12H2;1-5H;1H. The van der Waals surface area contributed by atoms with Gasteiger partial charge in [-0.15, -0.1) is 0 Å². The monoisotopic (exact) mass is 450 g/mol. The minimum atomic E-state index is -0.297. The zero-order valence-electron chi connectivity index (χ0n) is 15.6. The first-order valence-corrected chi connectivity index (χ1v) is 9.08. The number of phenols is 1. The first kappa shape index (κ1) is 20.6. The second kappa shape index (κ2) is 9.34. The van der Waals surface area contributed by atoms with Crippen LogP contribution >= 0.6 is 0 Å². The molecule has 0 saturated carbocycles. The lowest BCUT2D eigenvalue weighted by Crippen LogP contribution is -3.00. The van der Waals surface area contributed by atoms with Crippen LogP contribution in [0.4, 0.5) is 4.39 Å². The molecule has 5 heteroatoms. The number of aromatic nitrogens is 2. The predicted molar refractivity (Wildman–Crippen MR) is 110 cm³/mol. The normalized spacial score (nSPS) is 10.2. The Labute approximate surface area is 178 Å². The summed E-state index contributed by atoms with van der Waals surface area (Å²) < 4.78 is 15.8. The Morgan fingerprint density at radius 1 is 0.793 bits per heavy atom. The molecule has 0 radical (unpaired) electrons. The van der Waals surface area contributed by atoms with Crippen molar-refractivity contribution in [2.75, 3.05) is 0 Å². The average Bonchev–Trinajstić information content (AvgIpc) is 3.04. The highest BCUT2D eigenvalue weighted by Gasteiger charge is 2.14. The van der Waals surface area contributed by atoms with Gasteiger partial charge in [0.05, 0.1) is 5.52 Å². The molecule has 2 aromatic heterocycles. The van der Waals surface area contributed by atoms with Crippen molar-refractivity contribution < 1.29 is 31.5 Å². The molecule has 146 valence electrons. The largest absolute Gasteiger partial charge is 1.00 e. The van der Waals surface area contributed by atoms with E-state index in [1.165, 1.54) is 12.1 Å². The van der Waals surface area contributed by atoms with Gasteiger partial charge in [0, 0.05) is 35.0 Å². The molecule has 3 aromatic carbocycles. The van der Waals surface area contributed by atoms with Gasteiger partial charge in [-0.05, 0) is 35.9 Å². The Balaban J connectivity index is 0.000000297. The average molecular weight is 451 g/mol. The molecule has 0 amide bonds. The Morgan fingerprint density at radius 2 is 1.52 bits per heavy atom. The lowest BCUT2D eigenvalue weighted by atomic mass is 10.1. The third-order valence-corrected chi connectivity index (χ3v) is 4.62. The van der Waals surface area contributed by atoms with E-state index in [1.807, 2.05) is 60.9 Å². The maximum atomic E-state index is 13.6. The molecule has 29 heavy (non-hydrogen) atoms. The van der Waals surface area contributed by atoms with Crippen LogP contribution in [0.1, 0.15) is 5.56 Å². The highest BCUT2D eigenvalue weighted by atomic mass is 79.9. The fraction of sp³-hybridized carbons (Fsp3) is 0.0417. The van der Waals surface area contributed by atoms with E-state index in [1.54, 1.807) is 12.1 Å². The van der Waals surface area contributed by atoms with Crippen molar-refractivity contribution >= 4 is 21.8 Å². The van der Waals surface area contributed by atoms with Gasteiger partial charge in [0.25, 0.3) is 0 Å². The maximum absolute atomic E-state index is 13.6. The van der Waals surface area contributed by atoms with Gasteiger partial charge in [-0.3, -0.25) is 0 Å². The number of nitrogens with one attached hydrogen (secondary N) is 1. The van der Waals surface area contributed by atoms with E-state index < -0.39 is 0 Å². The summed E-state index contributed by atoms with van der Waals surface area (Å²) in [5, 5.41) is 11.6. The van der Waals surface area contributed by atoms with E-state index in [4.69, 9.17) is 0 Å². The third kappa shape index (κ3) is 4.46. The zero-order chi connectivity index (χ0) is 19.3. The molecule has 5 aromatic rings. The van der Waals surface area contributed by atoms with Crippen molar-refractivity contribution in [2.24, 2.45) is 0 Å². The topological polar surface area (TPSA) is 39.3 Å². The molecule has 0 unspecified atom stereocenters. The predicted octanol–water partition coefficient (Wildman–Crippen LogP) is 2.19. The first-order valence-electron chi connectivity index (χ1n) is 9.08. The summed E-state index contributed by atoms with van der Waals surface area (Å²) >= 11 is 0. The molecule has 2 heterocycles. The summed E-state index contributed by atoms with van der Waals surface area (Å²) in [5.41, 5.74) is 2.99. The summed E-state index contributed by atoms with van der Waals surface area (Å²) in [7, 11) is 0. The number of hydrogen-bond donors (Lipinski definition) is 1. The summed E-state index contributed by atoms with van der Waals surface area (Å²) in [5.74, 6) is -0.116. The summed E-state index contributed by atoms with van der Waals surface area (Å²) in [4.78, 5) is 2.89. The quantitative estimate of drug-likeness (QED) is 0.439. The van der Waals surface area contributed by atoms with Gasteiger partial charge in [-0.25, -0.2) is 9.37 Å². The number of nitrogens with zero attached hydrogens (tertiary/aromatic N) is 1. The Hall–Kier alpha value is -3.18. The van der Waals surface area contributed by atoms with Crippen LogP contribution in [0.5, 0.6) is 5.75 Å². The Kier molecular flexibility index (Phi) is 6.62. The minimum Gasteiger partial charge on any atom is -1.00 e. The van der Waals surface area contributed by atoms with Crippen LogP contribution in [-0.2, 0) is 6.54 Å². The highest BCUT2D eigenvalue weighted by molar-refractivity contribution is 6.11. The number of hydrogen-bond acceptors (Lipinski definition) is 1. The van der Waals surface area contributed by atoms with Crippen LogP contribution in [0.2, 0.25) is 0 Å². The number of aromatic hydroxyl groups is 1. The molecule has 3 nitrogen and oxygen atoms in total. The van der Waals surface area contributed by atoms with Gasteiger partial charge in [0.15, 0.2) is 12.4 Å². The smallest absolute Gasteiger partial charge is 0.166 e. The Morgan fingerprint density at radius 3 is 2.17 bits per heavy atom.